The number of nitrogens with zero attached hydrogens (tertiary/aromatic N) is 4. The SMILES string of the molecule is CCCCCC(=O)NN=C(c1ccc(C)cc1)C12CN3CN(CN(C3)C1)C2. The monoisotopic (exact) mass is 369 g/mol. The lowest BCUT2D eigenvalue weighted by Crippen LogP contribution is -2.74. The van der Waals surface area contributed by atoms with Crippen LogP contribution in [0.3, 0.4) is 0 Å². The predicted octanol–water partition coefficient (Wildman–Crippen LogP) is 2.20. The summed E-state index contributed by atoms with van der Waals surface area (Å²) in [6.45, 7) is 10.4. The number of carbonyl (C=O) groups excluding carboxylic acids is 1. The Morgan fingerprint density at radius 3 is 2.19 bits per heavy atom. The Morgan fingerprint density at radius 1 is 1.04 bits per heavy atom. The molecular formula is C21H31N5O. The van der Waals surface area contributed by atoms with Gasteiger partial charge in [0.25, 0.3) is 0 Å². The van der Waals surface area contributed by atoms with Crippen LogP contribution in [0.2, 0.25) is 0 Å². The van der Waals surface area contributed by atoms with E-state index in [1.807, 2.05) is 0 Å². The summed E-state index contributed by atoms with van der Waals surface area (Å²) in [5, 5.41) is 4.73. The maximum Gasteiger partial charge on any atom is 0.240 e. The molecular weight excluding hydrogens is 338 g/mol. The predicted molar refractivity (Wildman–Crippen MR) is 107 cm³/mol. The van der Waals surface area contributed by atoms with Gasteiger partial charge in [-0.25, -0.2) is 5.43 Å². The number of hydrogen-bond acceptors (Lipinski definition) is 5. The first-order valence-corrected chi connectivity index (χ1v) is 10.2. The summed E-state index contributed by atoms with van der Waals surface area (Å²) in [5.41, 5.74) is 6.23. The van der Waals surface area contributed by atoms with Gasteiger partial charge < -0.3 is 0 Å². The summed E-state index contributed by atoms with van der Waals surface area (Å²) >= 11 is 0. The van der Waals surface area contributed by atoms with Crippen LogP contribution in [0.5, 0.6) is 0 Å². The molecule has 6 nitrogen and oxygen atoms in total. The minimum atomic E-state index is -0.0410. The molecule has 1 aromatic carbocycles. The second-order valence-corrected chi connectivity index (χ2v) is 8.51. The standard InChI is InChI=1S/C21H31N5O/c1-3-4-5-6-19(27)22-23-20(18-9-7-17(2)8-10-18)21-11-24-14-25(12-21)16-26(13-21)15-24/h7-10H,3-6,11-16H2,1-2H3,(H,22,27). The van der Waals surface area contributed by atoms with Crippen molar-refractivity contribution in [3.8, 4) is 0 Å². The Balaban J connectivity index is 1.60. The Hall–Kier alpha value is -1.76. The van der Waals surface area contributed by atoms with Gasteiger partial charge in [-0.2, -0.15) is 5.10 Å². The van der Waals surface area contributed by atoms with Crippen LogP contribution in [-0.2, 0) is 4.79 Å². The fourth-order valence-electron chi connectivity index (χ4n) is 4.85. The highest BCUT2D eigenvalue weighted by atomic mass is 16.2. The molecule has 1 amide bonds. The fourth-order valence-corrected chi connectivity index (χ4v) is 4.85. The number of amides is 1. The Kier molecular flexibility index (Phi) is 5.30. The Bertz CT molecular complexity index is 677. The van der Waals surface area contributed by atoms with Crippen LogP contribution in [0.25, 0.3) is 0 Å². The highest BCUT2D eigenvalue weighted by molar-refractivity contribution is 6.06. The van der Waals surface area contributed by atoms with Gasteiger partial charge in [0, 0.05) is 26.1 Å². The van der Waals surface area contributed by atoms with Gasteiger partial charge in [-0.15, -0.1) is 0 Å². The topological polar surface area (TPSA) is 51.2 Å². The lowest BCUT2D eigenvalue weighted by atomic mass is 9.74. The molecule has 0 aliphatic carbocycles. The molecule has 1 N–H and O–H groups in total. The van der Waals surface area contributed by atoms with Gasteiger partial charge in [0.05, 0.1) is 31.1 Å². The summed E-state index contributed by atoms with van der Waals surface area (Å²) in [6.07, 6.45) is 3.69. The van der Waals surface area contributed by atoms with Crippen LogP contribution in [0, 0.1) is 12.3 Å². The van der Waals surface area contributed by atoms with E-state index in [2.05, 4.69) is 58.2 Å². The Labute approximate surface area is 162 Å². The van der Waals surface area contributed by atoms with Crippen molar-refractivity contribution in [2.45, 2.75) is 39.5 Å². The first-order chi connectivity index (χ1) is 13.1. The molecule has 4 fully saturated rings. The van der Waals surface area contributed by atoms with Crippen molar-refractivity contribution < 1.29 is 4.79 Å². The van der Waals surface area contributed by atoms with E-state index in [-0.39, 0.29) is 11.3 Å². The van der Waals surface area contributed by atoms with Crippen molar-refractivity contribution in [2.75, 3.05) is 39.6 Å². The summed E-state index contributed by atoms with van der Waals surface area (Å²) in [4.78, 5) is 19.8. The van der Waals surface area contributed by atoms with Crippen molar-refractivity contribution in [1.29, 1.82) is 0 Å². The second kappa shape index (κ2) is 7.70. The number of hydrazone groups is 1. The summed E-state index contributed by atoms with van der Waals surface area (Å²) in [7, 11) is 0. The van der Waals surface area contributed by atoms with Crippen LogP contribution in [0.4, 0.5) is 0 Å². The van der Waals surface area contributed by atoms with Crippen LogP contribution in [-0.4, -0.2) is 66.0 Å². The number of carbonyl (C=O) groups is 1. The molecule has 4 bridgehead atoms. The third-order valence-electron chi connectivity index (χ3n) is 5.91. The van der Waals surface area contributed by atoms with E-state index >= 15 is 0 Å². The number of benzene rings is 1. The Morgan fingerprint density at radius 2 is 1.63 bits per heavy atom. The molecule has 0 spiro atoms. The fraction of sp³-hybridized carbons (Fsp3) is 0.619. The second-order valence-electron chi connectivity index (χ2n) is 8.51. The van der Waals surface area contributed by atoms with E-state index in [1.165, 1.54) is 5.56 Å². The highest BCUT2D eigenvalue weighted by Gasteiger charge is 2.51. The van der Waals surface area contributed by atoms with Crippen molar-refractivity contribution in [3.05, 3.63) is 35.4 Å². The quantitative estimate of drug-likeness (QED) is 0.455. The zero-order chi connectivity index (χ0) is 18.9. The van der Waals surface area contributed by atoms with Crippen molar-refractivity contribution >= 4 is 11.6 Å². The van der Waals surface area contributed by atoms with Crippen LogP contribution < -0.4 is 5.43 Å². The molecule has 0 saturated carbocycles. The van der Waals surface area contributed by atoms with Gasteiger partial charge in [0.15, 0.2) is 0 Å². The third kappa shape index (κ3) is 3.93. The molecule has 4 heterocycles. The van der Waals surface area contributed by atoms with Crippen LogP contribution >= 0.6 is 0 Å². The molecule has 0 unspecified atom stereocenters. The normalized spacial score (nSPS) is 31.9. The van der Waals surface area contributed by atoms with Gasteiger partial charge in [-0.3, -0.25) is 19.5 Å². The molecule has 4 aliphatic heterocycles. The van der Waals surface area contributed by atoms with E-state index in [0.29, 0.717) is 6.42 Å². The number of rotatable bonds is 7. The highest BCUT2D eigenvalue weighted by Crippen LogP contribution is 2.38. The van der Waals surface area contributed by atoms with Crippen LogP contribution in [0.1, 0.15) is 43.7 Å². The lowest BCUT2D eigenvalue weighted by Gasteiger charge is -2.60. The smallest absolute Gasteiger partial charge is 0.240 e. The van der Waals surface area contributed by atoms with Gasteiger partial charge in [0.2, 0.25) is 5.91 Å². The number of hydrogen-bond donors (Lipinski definition) is 1. The molecule has 146 valence electrons. The van der Waals surface area contributed by atoms with Crippen LogP contribution in [0.15, 0.2) is 29.4 Å². The molecule has 0 radical (unpaired) electrons. The lowest BCUT2D eigenvalue weighted by molar-refractivity contribution is -0.149. The van der Waals surface area contributed by atoms with E-state index in [9.17, 15) is 4.79 Å². The van der Waals surface area contributed by atoms with E-state index in [1.54, 1.807) is 0 Å². The van der Waals surface area contributed by atoms with E-state index in [4.69, 9.17) is 5.10 Å². The minimum Gasteiger partial charge on any atom is -0.276 e. The molecule has 6 heteroatoms. The van der Waals surface area contributed by atoms with Gasteiger partial charge in [0.1, 0.15) is 0 Å². The molecule has 27 heavy (non-hydrogen) atoms. The first-order valence-electron chi connectivity index (χ1n) is 10.2. The molecule has 1 aromatic rings. The molecule has 4 aliphatic rings. The molecule has 4 saturated heterocycles. The van der Waals surface area contributed by atoms with Crippen molar-refractivity contribution in [3.63, 3.8) is 0 Å². The number of nitrogens with one attached hydrogen (secondary N) is 1. The largest absolute Gasteiger partial charge is 0.276 e. The van der Waals surface area contributed by atoms with Gasteiger partial charge in [-0.05, 0) is 18.9 Å². The van der Waals surface area contributed by atoms with E-state index < -0.39 is 0 Å². The van der Waals surface area contributed by atoms with Crippen molar-refractivity contribution in [2.24, 2.45) is 10.5 Å². The van der Waals surface area contributed by atoms with Gasteiger partial charge in [-0.1, -0.05) is 49.6 Å². The maximum atomic E-state index is 12.3. The van der Waals surface area contributed by atoms with Gasteiger partial charge >= 0.3 is 0 Å². The average molecular weight is 370 g/mol. The summed E-state index contributed by atoms with van der Waals surface area (Å²) in [5.74, 6) is 0.0266. The molecule has 0 atom stereocenters. The molecule has 0 aromatic heterocycles. The number of aryl methyl sites for hydroxylation is 1. The van der Waals surface area contributed by atoms with Crippen molar-refractivity contribution in [1.82, 2.24) is 20.1 Å². The minimum absolute atomic E-state index is 0.0266. The number of unbranched alkanes of at least 4 members (excludes halogenated alkanes) is 2. The zero-order valence-electron chi connectivity index (χ0n) is 16.6. The average Bonchev–Trinajstić information content (AvgIpc) is 2.62. The summed E-state index contributed by atoms with van der Waals surface area (Å²) in [6, 6.07) is 8.57. The third-order valence-corrected chi connectivity index (χ3v) is 5.91. The first kappa shape index (κ1) is 18.6. The zero-order valence-corrected chi connectivity index (χ0v) is 16.6. The molecule has 5 rings (SSSR count). The van der Waals surface area contributed by atoms with E-state index in [0.717, 1.165) is 70.2 Å². The maximum absolute atomic E-state index is 12.3. The summed E-state index contributed by atoms with van der Waals surface area (Å²) < 4.78 is 0.